The summed E-state index contributed by atoms with van der Waals surface area (Å²) in [5.41, 5.74) is 1.66. The van der Waals surface area contributed by atoms with Crippen molar-refractivity contribution in [3.63, 3.8) is 0 Å². The van der Waals surface area contributed by atoms with Gasteiger partial charge in [0.05, 0.1) is 24.3 Å². The number of benzene rings is 2. The van der Waals surface area contributed by atoms with Crippen LogP contribution < -0.4 is 14.8 Å². The molecule has 0 spiro atoms. The normalized spacial score (nSPS) is 16.8. The van der Waals surface area contributed by atoms with E-state index in [-0.39, 0.29) is 5.91 Å². The average molecular weight is 480 g/mol. The number of methoxy groups -OCH3 is 1. The number of rotatable bonds is 5. The average Bonchev–Trinajstić information content (AvgIpc) is 2.97. The molecule has 0 atom stereocenters. The zero-order valence-electron chi connectivity index (χ0n) is 14.3. The van der Waals surface area contributed by atoms with Gasteiger partial charge < -0.3 is 14.8 Å². The Labute approximate surface area is 170 Å². The minimum Gasteiger partial charge on any atom is -0.493 e. The molecule has 0 bridgehead atoms. The summed E-state index contributed by atoms with van der Waals surface area (Å²) in [6.45, 7) is 2.48. The Kier molecular flexibility index (Phi) is 6.20. The van der Waals surface area contributed by atoms with E-state index in [0.717, 1.165) is 14.8 Å². The zero-order valence-corrected chi connectivity index (χ0v) is 17.3. The van der Waals surface area contributed by atoms with Crippen molar-refractivity contribution >= 4 is 57.2 Å². The number of carbonyl (C=O) groups is 1. The third-order valence-electron chi connectivity index (χ3n) is 3.49. The molecule has 0 aliphatic carbocycles. The van der Waals surface area contributed by atoms with Crippen LogP contribution in [0.1, 0.15) is 12.5 Å². The van der Waals surface area contributed by atoms with Crippen molar-refractivity contribution in [3.8, 4) is 11.5 Å². The first kappa shape index (κ1) is 18.8. The molecule has 1 heterocycles. The van der Waals surface area contributed by atoms with Gasteiger partial charge in [-0.3, -0.25) is 4.79 Å². The number of hydrogen-bond acceptors (Lipinski definition) is 5. The molecule has 1 N–H and O–H groups in total. The lowest BCUT2D eigenvalue weighted by Gasteiger charge is -2.09. The van der Waals surface area contributed by atoms with Crippen LogP contribution in [0.3, 0.4) is 0 Å². The van der Waals surface area contributed by atoms with E-state index in [1.807, 2.05) is 55.5 Å². The molecule has 2 aromatic carbocycles. The van der Waals surface area contributed by atoms with Crippen molar-refractivity contribution < 1.29 is 14.3 Å². The van der Waals surface area contributed by atoms with Crippen LogP contribution in [0.15, 0.2) is 52.4 Å². The van der Waals surface area contributed by atoms with E-state index in [2.05, 4.69) is 32.9 Å². The Balaban J connectivity index is 1.81. The molecule has 0 aromatic heterocycles. The van der Waals surface area contributed by atoms with Crippen LogP contribution in [0.4, 0.5) is 5.69 Å². The van der Waals surface area contributed by atoms with Crippen molar-refractivity contribution in [1.82, 2.24) is 5.32 Å². The fraction of sp³-hybridized carbons (Fsp3) is 0.158. The van der Waals surface area contributed by atoms with Crippen molar-refractivity contribution in [2.24, 2.45) is 4.99 Å². The summed E-state index contributed by atoms with van der Waals surface area (Å²) in [4.78, 5) is 17.3. The van der Waals surface area contributed by atoms with Gasteiger partial charge in [0.15, 0.2) is 16.7 Å². The number of ether oxygens (including phenoxy) is 2. The van der Waals surface area contributed by atoms with Gasteiger partial charge in [-0.05, 0) is 89.3 Å². The summed E-state index contributed by atoms with van der Waals surface area (Å²) in [6, 6.07) is 13.4. The predicted molar refractivity (Wildman–Crippen MR) is 114 cm³/mol. The number of amides is 1. The molecular weight excluding hydrogens is 463 g/mol. The molecule has 26 heavy (non-hydrogen) atoms. The minimum atomic E-state index is -0.160. The number of carbonyl (C=O) groups excluding carboxylic acids is 1. The van der Waals surface area contributed by atoms with E-state index < -0.39 is 0 Å². The topological polar surface area (TPSA) is 59.9 Å². The molecule has 3 rings (SSSR count). The molecule has 1 aliphatic heterocycles. The van der Waals surface area contributed by atoms with E-state index >= 15 is 0 Å². The maximum absolute atomic E-state index is 12.2. The quantitative estimate of drug-likeness (QED) is 0.503. The molecule has 1 aliphatic rings. The smallest absolute Gasteiger partial charge is 0.264 e. The second-order valence-corrected chi connectivity index (χ2v) is 7.58. The lowest BCUT2D eigenvalue weighted by atomic mass is 10.2. The molecule has 7 heteroatoms. The molecule has 0 unspecified atom stereocenters. The third-order valence-corrected chi connectivity index (χ3v) is 5.12. The number of nitrogens with zero attached hydrogens (tertiary/aromatic N) is 1. The van der Waals surface area contributed by atoms with Crippen LogP contribution in [0.2, 0.25) is 0 Å². The first-order valence-corrected chi connectivity index (χ1v) is 9.84. The number of hydrogen-bond donors (Lipinski definition) is 1. The fourth-order valence-corrected chi connectivity index (χ4v) is 3.51. The maximum atomic E-state index is 12.2. The number of amidine groups is 1. The Morgan fingerprint density at radius 2 is 1.96 bits per heavy atom. The van der Waals surface area contributed by atoms with Gasteiger partial charge in [0, 0.05) is 3.57 Å². The van der Waals surface area contributed by atoms with Gasteiger partial charge in [0.1, 0.15) is 0 Å². The largest absolute Gasteiger partial charge is 0.493 e. The third kappa shape index (κ3) is 4.59. The molecule has 1 saturated heterocycles. The van der Waals surface area contributed by atoms with E-state index in [1.54, 1.807) is 7.11 Å². The van der Waals surface area contributed by atoms with Crippen LogP contribution in [0.5, 0.6) is 11.5 Å². The number of aliphatic imine (C=N–C) groups is 1. The van der Waals surface area contributed by atoms with Gasteiger partial charge in [-0.1, -0.05) is 6.07 Å². The van der Waals surface area contributed by atoms with E-state index in [1.165, 1.54) is 11.8 Å². The summed E-state index contributed by atoms with van der Waals surface area (Å²) in [6.07, 6.45) is 1.81. The number of halogens is 1. The SMILES string of the molecule is CCOc1ccc(/C=C2/SC(=Nc3ccc(I)cc3)NC2=O)cc1OC. The highest BCUT2D eigenvalue weighted by Gasteiger charge is 2.24. The summed E-state index contributed by atoms with van der Waals surface area (Å²) in [5, 5.41) is 3.37. The Bertz CT molecular complexity index is 879. The van der Waals surface area contributed by atoms with Crippen LogP contribution >= 0.6 is 34.4 Å². The van der Waals surface area contributed by atoms with Crippen molar-refractivity contribution in [3.05, 3.63) is 56.5 Å². The van der Waals surface area contributed by atoms with Crippen LogP contribution in [-0.4, -0.2) is 24.8 Å². The van der Waals surface area contributed by atoms with Crippen LogP contribution in [0.25, 0.3) is 6.08 Å². The lowest BCUT2D eigenvalue weighted by Crippen LogP contribution is -2.19. The summed E-state index contributed by atoms with van der Waals surface area (Å²) >= 11 is 3.56. The van der Waals surface area contributed by atoms with Gasteiger partial charge in [-0.2, -0.15) is 0 Å². The monoisotopic (exact) mass is 480 g/mol. The molecule has 5 nitrogen and oxygen atoms in total. The zero-order chi connectivity index (χ0) is 18.5. The number of nitrogens with one attached hydrogen (secondary N) is 1. The van der Waals surface area contributed by atoms with Crippen molar-refractivity contribution in [1.29, 1.82) is 0 Å². The summed E-state index contributed by atoms with van der Waals surface area (Å²) in [5.74, 6) is 1.16. The molecule has 134 valence electrons. The maximum Gasteiger partial charge on any atom is 0.264 e. The summed E-state index contributed by atoms with van der Waals surface area (Å²) in [7, 11) is 1.59. The minimum absolute atomic E-state index is 0.160. The van der Waals surface area contributed by atoms with Gasteiger partial charge in [-0.15, -0.1) is 0 Å². The van der Waals surface area contributed by atoms with Crippen molar-refractivity contribution in [2.45, 2.75) is 6.92 Å². The summed E-state index contributed by atoms with van der Waals surface area (Å²) < 4.78 is 12.0. The predicted octanol–water partition coefficient (Wildman–Crippen LogP) is 4.59. The Morgan fingerprint density at radius 3 is 2.65 bits per heavy atom. The van der Waals surface area contributed by atoms with E-state index in [4.69, 9.17) is 9.47 Å². The van der Waals surface area contributed by atoms with Crippen LogP contribution in [-0.2, 0) is 4.79 Å². The van der Waals surface area contributed by atoms with Crippen LogP contribution in [0, 0.1) is 3.57 Å². The molecule has 1 fully saturated rings. The molecule has 1 amide bonds. The molecule has 0 radical (unpaired) electrons. The van der Waals surface area contributed by atoms with Gasteiger partial charge >= 0.3 is 0 Å². The Hall–Kier alpha value is -2.00. The second kappa shape index (κ2) is 8.59. The van der Waals surface area contributed by atoms with Gasteiger partial charge in [0.25, 0.3) is 5.91 Å². The molecular formula is C19H17IN2O3S. The van der Waals surface area contributed by atoms with Crippen molar-refractivity contribution in [2.75, 3.05) is 13.7 Å². The standard InChI is InChI=1S/C19H17IN2O3S/c1-3-25-15-9-4-12(10-16(15)24-2)11-17-18(23)22-19(26-17)21-14-7-5-13(20)6-8-14/h4-11H,3H2,1-2H3,(H,21,22,23)/b17-11+. The van der Waals surface area contributed by atoms with Gasteiger partial charge in [-0.25, -0.2) is 4.99 Å². The first-order valence-electron chi connectivity index (χ1n) is 7.95. The molecule has 0 saturated carbocycles. The number of thioether (sulfide) groups is 1. The van der Waals surface area contributed by atoms with Gasteiger partial charge in [0.2, 0.25) is 0 Å². The lowest BCUT2D eigenvalue weighted by molar-refractivity contribution is -0.115. The molecule has 2 aromatic rings. The van der Waals surface area contributed by atoms with E-state index in [9.17, 15) is 4.79 Å². The highest BCUT2D eigenvalue weighted by molar-refractivity contribution is 14.1. The Morgan fingerprint density at radius 1 is 1.19 bits per heavy atom. The highest BCUT2D eigenvalue weighted by Crippen LogP contribution is 2.32. The first-order chi connectivity index (χ1) is 12.6. The van der Waals surface area contributed by atoms with E-state index in [0.29, 0.717) is 28.2 Å². The fourth-order valence-electron chi connectivity index (χ4n) is 2.31. The highest BCUT2D eigenvalue weighted by atomic mass is 127. The second-order valence-electron chi connectivity index (χ2n) is 5.30.